The first-order valence-corrected chi connectivity index (χ1v) is 5.28. The van der Waals surface area contributed by atoms with Crippen molar-refractivity contribution in [3.63, 3.8) is 0 Å². The molecule has 0 saturated carbocycles. The number of hydrogen-bond acceptors (Lipinski definition) is 3. The number of halogens is 3. The summed E-state index contributed by atoms with van der Waals surface area (Å²) in [5.41, 5.74) is 6.22. The van der Waals surface area contributed by atoms with Crippen molar-refractivity contribution in [2.45, 2.75) is 19.4 Å². The van der Waals surface area contributed by atoms with Gasteiger partial charge >= 0.3 is 5.97 Å². The third-order valence-electron chi connectivity index (χ3n) is 2.00. The molecular weight excluding hydrogens is 268 g/mol. The Hall–Kier alpha value is -0.840. The standard InChI is InChI=1S/C11H13ClFNO2.ClH/c1-2-16-11(15)6-10(14)7-3-8(12)5-9(13)4-7;/h3-5,10H,2,6,14H2,1H3;1H/t10-;/m0./s1. The number of benzene rings is 1. The highest BCUT2D eigenvalue weighted by Gasteiger charge is 2.13. The highest BCUT2D eigenvalue weighted by atomic mass is 35.5. The Morgan fingerprint density at radius 2 is 2.18 bits per heavy atom. The van der Waals surface area contributed by atoms with Crippen LogP contribution in [0.3, 0.4) is 0 Å². The maximum absolute atomic E-state index is 13.0. The molecule has 17 heavy (non-hydrogen) atoms. The Bertz CT molecular complexity index is 367. The van der Waals surface area contributed by atoms with Crippen LogP contribution in [0.4, 0.5) is 4.39 Å². The summed E-state index contributed by atoms with van der Waals surface area (Å²) in [7, 11) is 0. The third kappa shape index (κ3) is 5.35. The average Bonchev–Trinajstić information content (AvgIpc) is 2.16. The quantitative estimate of drug-likeness (QED) is 0.864. The first-order valence-electron chi connectivity index (χ1n) is 4.90. The minimum absolute atomic E-state index is 0. The predicted octanol–water partition coefficient (Wildman–Crippen LogP) is 2.85. The van der Waals surface area contributed by atoms with Crippen LogP contribution in [0.2, 0.25) is 5.02 Å². The summed E-state index contributed by atoms with van der Waals surface area (Å²) in [6.07, 6.45) is 0.00756. The number of nitrogens with two attached hydrogens (primary N) is 1. The Morgan fingerprint density at radius 3 is 2.71 bits per heavy atom. The lowest BCUT2D eigenvalue weighted by Crippen LogP contribution is -2.17. The number of carbonyl (C=O) groups is 1. The van der Waals surface area contributed by atoms with Gasteiger partial charge < -0.3 is 10.5 Å². The van der Waals surface area contributed by atoms with Gasteiger partial charge in [-0.25, -0.2) is 4.39 Å². The molecule has 0 bridgehead atoms. The topological polar surface area (TPSA) is 52.3 Å². The van der Waals surface area contributed by atoms with Crippen LogP contribution in [0, 0.1) is 5.82 Å². The van der Waals surface area contributed by atoms with E-state index in [0.29, 0.717) is 12.2 Å². The molecule has 0 fully saturated rings. The van der Waals surface area contributed by atoms with Crippen LogP contribution in [0.5, 0.6) is 0 Å². The van der Waals surface area contributed by atoms with Crippen molar-refractivity contribution in [1.29, 1.82) is 0 Å². The van der Waals surface area contributed by atoms with Gasteiger partial charge in [-0.15, -0.1) is 12.4 Å². The van der Waals surface area contributed by atoms with Crippen molar-refractivity contribution in [3.8, 4) is 0 Å². The van der Waals surface area contributed by atoms with Gasteiger partial charge in [0.25, 0.3) is 0 Å². The zero-order valence-corrected chi connectivity index (χ0v) is 10.9. The van der Waals surface area contributed by atoms with Gasteiger partial charge in [-0.1, -0.05) is 11.6 Å². The summed E-state index contributed by atoms with van der Waals surface area (Å²) in [4.78, 5) is 11.2. The van der Waals surface area contributed by atoms with Gasteiger partial charge in [0.05, 0.1) is 13.0 Å². The average molecular weight is 282 g/mol. The van der Waals surface area contributed by atoms with Crippen molar-refractivity contribution in [3.05, 3.63) is 34.6 Å². The molecule has 0 aliphatic carbocycles. The molecule has 0 amide bonds. The van der Waals surface area contributed by atoms with Crippen molar-refractivity contribution in [2.75, 3.05) is 6.61 Å². The fraction of sp³-hybridized carbons (Fsp3) is 0.364. The molecule has 2 N–H and O–H groups in total. The lowest BCUT2D eigenvalue weighted by molar-refractivity contribution is -0.143. The van der Waals surface area contributed by atoms with E-state index >= 15 is 0 Å². The molecule has 0 radical (unpaired) electrons. The summed E-state index contributed by atoms with van der Waals surface area (Å²) in [5, 5.41) is 0.259. The Labute approximate surface area is 110 Å². The van der Waals surface area contributed by atoms with Crippen LogP contribution in [-0.2, 0) is 9.53 Å². The number of ether oxygens (including phenoxy) is 1. The normalized spacial score (nSPS) is 11.5. The molecule has 1 rings (SSSR count). The molecular formula is C11H14Cl2FNO2. The van der Waals surface area contributed by atoms with Gasteiger partial charge in [-0.05, 0) is 30.7 Å². The van der Waals surface area contributed by atoms with E-state index in [1.165, 1.54) is 18.2 Å². The van der Waals surface area contributed by atoms with E-state index in [1.807, 2.05) is 0 Å². The maximum Gasteiger partial charge on any atom is 0.307 e. The molecule has 0 aliphatic rings. The zero-order chi connectivity index (χ0) is 12.1. The third-order valence-corrected chi connectivity index (χ3v) is 2.22. The summed E-state index contributed by atoms with van der Waals surface area (Å²) in [5.74, 6) is -0.878. The summed E-state index contributed by atoms with van der Waals surface area (Å²) in [6, 6.07) is 3.37. The maximum atomic E-state index is 13.0. The second-order valence-electron chi connectivity index (χ2n) is 3.32. The Kier molecular flexibility index (Phi) is 7.11. The SMILES string of the molecule is CCOC(=O)C[C@H](N)c1cc(F)cc(Cl)c1.Cl. The molecule has 0 unspecified atom stereocenters. The molecule has 0 aromatic heterocycles. The van der Waals surface area contributed by atoms with Crippen LogP contribution in [0.1, 0.15) is 24.9 Å². The lowest BCUT2D eigenvalue weighted by atomic mass is 10.0. The van der Waals surface area contributed by atoms with Crippen molar-refractivity contribution in [2.24, 2.45) is 5.73 Å². The van der Waals surface area contributed by atoms with Gasteiger partial charge in [-0.3, -0.25) is 4.79 Å². The summed E-state index contributed by atoms with van der Waals surface area (Å²) >= 11 is 5.68. The summed E-state index contributed by atoms with van der Waals surface area (Å²) in [6.45, 7) is 2.01. The molecule has 6 heteroatoms. The van der Waals surface area contributed by atoms with Gasteiger partial charge in [-0.2, -0.15) is 0 Å². The summed E-state index contributed by atoms with van der Waals surface area (Å²) < 4.78 is 17.8. The molecule has 0 aliphatic heterocycles. The van der Waals surface area contributed by atoms with Crippen LogP contribution in [0.15, 0.2) is 18.2 Å². The van der Waals surface area contributed by atoms with E-state index in [4.69, 9.17) is 22.1 Å². The number of hydrogen-bond donors (Lipinski definition) is 1. The molecule has 0 spiro atoms. The second kappa shape index (κ2) is 7.48. The Balaban J connectivity index is 0.00000256. The molecule has 1 aromatic rings. The van der Waals surface area contributed by atoms with Crippen LogP contribution >= 0.6 is 24.0 Å². The molecule has 1 atom stereocenters. The molecule has 3 nitrogen and oxygen atoms in total. The van der Waals surface area contributed by atoms with Crippen LogP contribution in [0.25, 0.3) is 0 Å². The van der Waals surface area contributed by atoms with Gasteiger partial charge in [0.15, 0.2) is 0 Å². The minimum atomic E-state index is -0.604. The second-order valence-corrected chi connectivity index (χ2v) is 3.75. The molecule has 96 valence electrons. The zero-order valence-electron chi connectivity index (χ0n) is 9.28. The number of rotatable bonds is 4. The highest BCUT2D eigenvalue weighted by molar-refractivity contribution is 6.30. The predicted molar refractivity (Wildman–Crippen MR) is 66.8 cm³/mol. The fourth-order valence-electron chi connectivity index (χ4n) is 1.31. The highest BCUT2D eigenvalue weighted by Crippen LogP contribution is 2.20. The van der Waals surface area contributed by atoms with Gasteiger partial charge in [0, 0.05) is 11.1 Å². The van der Waals surface area contributed by atoms with Gasteiger partial charge in [0.1, 0.15) is 5.82 Å². The van der Waals surface area contributed by atoms with E-state index in [2.05, 4.69) is 0 Å². The van der Waals surface area contributed by atoms with Crippen molar-refractivity contribution < 1.29 is 13.9 Å². The monoisotopic (exact) mass is 281 g/mol. The first-order chi connectivity index (χ1) is 7.52. The smallest absolute Gasteiger partial charge is 0.307 e. The van der Waals surface area contributed by atoms with E-state index < -0.39 is 17.8 Å². The van der Waals surface area contributed by atoms with E-state index in [9.17, 15) is 9.18 Å². The van der Waals surface area contributed by atoms with Crippen molar-refractivity contribution in [1.82, 2.24) is 0 Å². The lowest BCUT2D eigenvalue weighted by Gasteiger charge is -2.11. The fourth-order valence-corrected chi connectivity index (χ4v) is 1.54. The van der Waals surface area contributed by atoms with Gasteiger partial charge in [0.2, 0.25) is 0 Å². The van der Waals surface area contributed by atoms with E-state index in [-0.39, 0.29) is 23.9 Å². The number of carbonyl (C=O) groups excluding carboxylic acids is 1. The van der Waals surface area contributed by atoms with Crippen molar-refractivity contribution >= 4 is 30.0 Å². The molecule has 1 aromatic carbocycles. The van der Waals surface area contributed by atoms with E-state index in [1.54, 1.807) is 6.92 Å². The molecule has 0 heterocycles. The first kappa shape index (κ1) is 16.2. The number of esters is 1. The van der Waals surface area contributed by atoms with Crippen LogP contribution < -0.4 is 5.73 Å². The largest absolute Gasteiger partial charge is 0.466 e. The molecule has 0 saturated heterocycles. The van der Waals surface area contributed by atoms with Crippen LogP contribution in [-0.4, -0.2) is 12.6 Å². The van der Waals surface area contributed by atoms with E-state index in [0.717, 1.165) is 0 Å². The Morgan fingerprint density at radius 1 is 1.53 bits per heavy atom. The minimum Gasteiger partial charge on any atom is -0.466 e.